The molecule has 1 aliphatic rings. The van der Waals surface area contributed by atoms with Gasteiger partial charge in [0.15, 0.2) is 0 Å². The van der Waals surface area contributed by atoms with Gasteiger partial charge in [-0.25, -0.2) is 9.97 Å². The Morgan fingerprint density at radius 3 is 2.62 bits per heavy atom. The van der Waals surface area contributed by atoms with Crippen LogP contribution in [0.2, 0.25) is 0 Å². The van der Waals surface area contributed by atoms with Gasteiger partial charge in [-0.1, -0.05) is 27.7 Å². The number of aromatic nitrogens is 2. The molecule has 1 aromatic heterocycles. The first-order valence-electron chi connectivity index (χ1n) is 9.26. The molecular formula is C19H33N3O2. The maximum Gasteiger partial charge on any atom is 0.131 e. The molecule has 0 aromatic carbocycles. The maximum atomic E-state index is 10.3. The standard InChI is InChI=1S/C19H33N3O2/c1-12(2)5-7-20-17-10-18(24)16(11-23)15(17)9-14-6-8-21-19(22-14)13(3)4/h6,8,12-13,15-18,20,23-24H,5,7,9-11H2,1-4H3. The summed E-state index contributed by atoms with van der Waals surface area (Å²) < 4.78 is 0. The van der Waals surface area contributed by atoms with Crippen molar-refractivity contribution >= 4 is 0 Å². The Bertz CT molecular complexity index is 507. The van der Waals surface area contributed by atoms with E-state index in [4.69, 9.17) is 0 Å². The molecule has 0 spiro atoms. The molecule has 0 aliphatic heterocycles. The van der Waals surface area contributed by atoms with Crippen LogP contribution in [-0.4, -0.2) is 45.5 Å². The van der Waals surface area contributed by atoms with Crippen molar-refractivity contribution in [1.82, 2.24) is 15.3 Å². The summed E-state index contributed by atoms with van der Waals surface area (Å²) >= 11 is 0. The van der Waals surface area contributed by atoms with E-state index >= 15 is 0 Å². The van der Waals surface area contributed by atoms with E-state index in [2.05, 4.69) is 43.0 Å². The lowest BCUT2D eigenvalue weighted by molar-refractivity contribution is 0.0716. The Morgan fingerprint density at radius 1 is 1.25 bits per heavy atom. The number of hydrogen-bond acceptors (Lipinski definition) is 5. The van der Waals surface area contributed by atoms with Gasteiger partial charge >= 0.3 is 0 Å². The van der Waals surface area contributed by atoms with Crippen LogP contribution >= 0.6 is 0 Å². The van der Waals surface area contributed by atoms with Crippen molar-refractivity contribution in [2.45, 2.75) is 65.0 Å². The highest BCUT2D eigenvalue weighted by Crippen LogP contribution is 2.34. The van der Waals surface area contributed by atoms with E-state index in [9.17, 15) is 10.2 Å². The second-order valence-corrected chi connectivity index (χ2v) is 7.82. The molecule has 1 fully saturated rings. The second-order valence-electron chi connectivity index (χ2n) is 7.82. The Balaban J connectivity index is 2.08. The zero-order valence-electron chi connectivity index (χ0n) is 15.4. The SMILES string of the molecule is CC(C)CCNC1CC(O)C(CO)C1Cc1ccnc(C(C)C)n1. The highest BCUT2D eigenvalue weighted by molar-refractivity contribution is 5.09. The molecule has 4 unspecified atom stereocenters. The smallest absolute Gasteiger partial charge is 0.131 e. The summed E-state index contributed by atoms with van der Waals surface area (Å²) in [6.07, 6.45) is 3.97. The van der Waals surface area contributed by atoms with Crippen molar-refractivity contribution in [1.29, 1.82) is 0 Å². The minimum atomic E-state index is -0.442. The van der Waals surface area contributed by atoms with Gasteiger partial charge in [0.2, 0.25) is 0 Å². The highest BCUT2D eigenvalue weighted by Gasteiger charge is 2.41. The molecule has 0 amide bonds. The van der Waals surface area contributed by atoms with Gasteiger partial charge in [-0.05, 0) is 43.7 Å². The molecule has 1 aliphatic carbocycles. The van der Waals surface area contributed by atoms with Crippen molar-refractivity contribution in [2.75, 3.05) is 13.2 Å². The lowest BCUT2D eigenvalue weighted by Gasteiger charge is -2.25. The fraction of sp³-hybridized carbons (Fsp3) is 0.789. The number of hydrogen-bond donors (Lipinski definition) is 3. The lowest BCUT2D eigenvalue weighted by atomic mass is 9.88. The van der Waals surface area contributed by atoms with Crippen LogP contribution in [0.1, 0.15) is 58.0 Å². The Labute approximate surface area is 145 Å². The Morgan fingerprint density at radius 2 is 2.00 bits per heavy atom. The molecule has 3 N–H and O–H groups in total. The molecule has 1 saturated carbocycles. The molecule has 0 saturated heterocycles. The van der Waals surface area contributed by atoms with Gasteiger partial charge in [0, 0.05) is 36.4 Å². The van der Waals surface area contributed by atoms with Crippen molar-refractivity contribution in [3.63, 3.8) is 0 Å². The normalized spacial score (nSPS) is 27.3. The minimum absolute atomic E-state index is 0.0241. The average molecular weight is 335 g/mol. The zero-order valence-corrected chi connectivity index (χ0v) is 15.4. The predicted molar refractivity (Wildman–Crippen MR) is 95.8 cm³/mol. The molecular weight excluding hydrogens is 302 g/mol. The van der Waals surface area contributed by atoms with E-state index in [1.807, 2.05) is 12.3 Å². The first-order chi connectivity index (χ1) is 11.4. The van der Waals surface area contributed by atoms with Gasteiger partial charge in [-0.15, -0.1) is 0 Å². The molecule has 0 bridgehead atoms. The highest BCUT2D eigenvalue weighted by atomic mass is 16.3. The van der Waals surface area contributed by atoms with Gasteiger partial charge in [0.1, 0.15) is 5.82 Å². The molecule has 2 rings (SSSR count). The second kappa shape index (κ2) is 8.88. The van der Waals surface area contributed by atoms with Crippen LogP contribution in [0.4, 0.5) is 0 Å². The first-order valence-corrected chi connectivity index (χ1v) is 9.26. The molecule has 5 nitrogen and oxygen atoms in total. The average Bonchev–Trinajstić information content (AvgIpc) is 2.82. The fourth-order valence-electron chi connectivity index (χ4n) is 3.58. The quantitative estimate of drug-likeness (QED) is 0.678. The van der Waals surface area contributed by atoms with Gasteiger partial charge < -0.3 is 15.5 Å². The summed E-state index contributed by atoms with van der Waals surface area (Å²) in [5, 5.41) is 23.7. The van der Waals surface area contributed by atoms with E-state index in [-0.39, 0.29) is 24.5 Å². The fourth-order valence-corrected chi connectivity index (χ4v) is 3.58. The van der Waals surface area contributed by atoms with E-state index in [0.29, 0.717) is 18.3 Å². The number of nitrogens with one attached hydrogen (secondary N) is 1. The summed E-state index contributed by atoms with van der Waals surface area (Å²) in [6.45, 7) is 9.58. The number of rotatable bonds is 8. The lowest BCUT2D eigenvalue weighted by Crippen LogP contribution is -2.37. The molecule has 24 heavy (non-hydrogen) atoms. The Hall–Kier alpha value is -1.04. The topological polar surface area (TPSA) is 78.3 Å². The number of aliphatic hydroxyl groups is 2. The van der Waals surface area contributed by atoms with Crippen LogP contribution < -0.4 is 5.32 Å². The molecule has 136 valence electrons. The summed E-state index contributed by atoms with van der Waals surface area (Å²) in [4.78, 5) is 9.00. The largest absolute Gasteiger partial charge is 0.396 e. The Kier molecular flexibility index (Phi) is 7.14. The maximum absolute atomic E-state index is 10.3. The summed E-state index contributed by atoms with van der Waals surface area (Å²) in [6, 6.07) is 2.18. The van der Waals surface area contributed by atoms with Crippen LogP contribution in [0.25, 0.3) is 0 Å². The van der Waals surface area contributed by atoms with Crippen molar-refractivity contribution in [3.05, 3.63) is 23.8 Å². The molecule has 4 atom stereocenters. The minimum Gasteiger partial charge on any atom is -0.396 e. The van der Waals surface area contributed by atoms with E-state index in [1.54, 1.807) is 0 Å². The summed E-state index contributed by atoms with van der Waals surface area (Å²) in [5.74, 6) is 1.93. The van der Waals surface area contributed by atoms with Gasteiger partial charge in [0.05, 0.1) is 6.10 Å². The van der Waals surface area contributed by atoms with Crippen LogP contribution in [-0.2, 0) is 6.42 Å². The first kappa shape index (κ1) is 19.3. The monoisotopic (exact) mass is 335 g/mol. The van der Waals surface area contributed by atoms with Crippen LogP contribution in [0.5, 0.6) is 0 Å². The van der Waals surface area contributed by atoms with Gasteiger partial charge in [0.25, 0.3) is 0 Å². The molecule has 1 aromatic rings. The van der Waals surface area contributed by atoms with Crippen LogP contribution in [0.15, 0.2) is 12.3 Å². The molecule has 0 radical (unpaired) electrons. The number of aliphatic hydroxyl groups excluding tert-OH is 2. The third-order valence-corrected chi connectivity index (χ3v) is 5.09. The van der Waals surface area contributed by atoms with Gasteiger partial charge in [-0.3, -0.25) is 0 Å². The molecule has 5 heteroatoms. The van der Waals surface area contributed by atoms with Crippen molar-refractivity contribution in [3.8, 4) is 0 Å². The third kappa shape index (κ3) is 4.98. The summed E-state index contributed by atoms with van der Waals surface area (Å²) in [5.41, 5.74) is 1.00. The van der Waals surface area contributed by atoms with Crippen molar-refractivity contribution < 1.29 is 10.2 Å². The predicted octanol–water partition coefficient (Wildman–Crippen LogP) is 2.14. The van der Waals surface area contributed by atoms with E-state index < -0.39 is 6.10 Å². The van der Waals surface area contributed by atoms with Crippen molar-refractivity contribution in [2.24, 2.45) is 17.8 Å². The van der Waals surface area contributed by atoms with Gasteiger partial charge in [-0.2, -0.15) is 0 Å². The van der Waals surface area contributed by atoms with E-state index in [0.717, 1.165) is 30.9 Å². The number of nitrogens with zero attached hydrogens (tertiary/aromatic N) is 2. The molecule has 1 heterocycles. The van der Waals surface area contributed by atoms with E-state index in [1.165, 1.54) is 0 Å². The zero-order chi connectivity index (χ0) is 17.7. The third-order valence-electron chi connectivity index (χ3n) is 5.09. The summed E-state index contributed by atoms with van der Waals surface area (Å²) in [7, 11) is 0. The van der Waals surface area contributed by atoms with Crippen LogP contribution in [0.3, 0.4) is 0 Å². The van der Waals surface area contributed by atoms with Crippen LogP contribution in [0, 0.1) is 17.8 Å².